The van der Waals surface area contributed by atoms with Crippen LogP contribution in [0, 0.1) is 5.82 Å². The van der Waals surface area contributed by atoms with Crippen molar-refractivity contribution in [2.24, 2.45) is 5.73 Å². The zero-order valence-electron chi connectivity index (χ0n) is 19.2. The number of benzene rings is 1. The number of halogens is 3. The fourth-order valence-electron chi connectivity index (χ4n) is 4.86. The van der Waals surface area contributed by atoms with E-state index in [9.17, 15) is 18.4 Å². The molecule has 0 bridgehead atoms. The summed E-state index contributed by atoms with van der Waals surface area (Å²) in [5.74, 6) is -5.01. The molecule has 182 valence electrons. The largest absolute Gasteiger partial charge is 0.365 e. The first-order chi connectivity index (χ1) is 16.0. The standard InChI is InChI=1S/C23H27F3N6O2/c1-28-19-17(8-5-9-23(19,25)26)32(3)22-14(24)10-13(20(27)34)21(30-22)29-15-6-4-7-16-12(15)11-18(33)31(16)2/h4,6-7,10,17,19,28H,5,8-9,11H2,1-3H3,(H2,27,34)(H,29,30). The Hall–Kier alpha value is -3.34. The van der Waals surface area contributed by atoms with E-state index in [4.69, 9.17) is 5.73 Å². The van der Waals surface area contributed by atoms with E-state index in [0.29, 0.717) is 23.4 Å². The molecule has 1 aromatic carbocycles. The van der Waals surface area contributed by atoms with Crippen LogP contribution in [0.5, 0.6) is 0 Å². The number of fused-ring (bicyclic) bond motifs is 1. The molecule has 2 unspecified atom stereocenters. The van der Waals surface area contributed by atoms with Crippen LogP contribution in [0.15, 0.2) is 24.3 Å². The van der Waals surface area contributed by atoms with Crippen LogP contribution in [0.1, 0.15) is 35.2 Å². The van der Waals surface area contributed by atoms with Crippen molar-refractivity contribution in [2.45, 2.75) is 43.7 Å². The number of carbonyl (C=O) groups is 2. The van der Waals surface area contributed by atoms with Crippen LogP contribution in [0.2, 0.25) is 0 Å². The molecule has 1 fully saturated rings. The average Bonchev–Trinajstić information content (AvgIpc) is 3.08. The number of aromatic nitrogens is 1. The second-order valence-corrected chi connectivity index (χ2v) is 8.71. The number of amides is 2. The normalized spacial score (nSPS) is 21.4. The Kier molecular flexibility index (Phi) is 6.15. The van der Waals surface area contributed by atoms with Gasteiger partial charge in [0.05, 0.1) is 24.1 Å². The smallest absolute Gasteiger partial charge is 0.265 e. The third kappa shape index (κ3) is 4.04. The molecule has 8 nitrogen and oxygen atoms in total. The summed E-state index contributed by atoms with van der Waals surface area (Å²) < 4.78 is 44.1. The molecular formula is C23H27F3N6O2. The molecular weight excluding hydrogens is 449 g/mol. The number of primary amides is 1. The van der Waals surface area contributed by atoms with Crippen molar-refractivity contribution >= 4 is 34.8 Å². The van der Waals surface area contributed by atoms with E-state index < -0.39 is 29.7 Å². The number of nitrogens with zero attached hydrogens (tertiary/aromatic N) is 3. The number of likely N-dealkylation sites (N-methyl/N-ethyl adjacent to an activating group) is 3. The van der Waals surface area contributed by atoms with Gasteiger partial charge in [-0.3, -0.25) is 9.59 Å². The molecule has 2 amide bonds. The SMILES string of the molecule is CNC1C(N(C)c2nc(Nc3cccc4c3CC(=O)N4C)c(C(N)=O)cc2F)CCCC1(F)F. The second kappa shape index (κ2) is 8.79. The van der Waals surface area contributed by atoms with Crippen molar-refractivity contribution < 1.29 is 22.8 Å². The number of nitrogens with one attached hydrogen (secondary N) is 2. The van der Waals surface area contributed by atoms with Gasteiger partial charge in [-0.15, -0.1) is 0 Å². The molecule has 4 N–H and O–H groups in total. The molecule has 2 aromatic rings. The van der Waals surface area contributed by atoms with Gasteiger partial charge in [-0.2, -0.15) is 0 Å². The van der Waals surface area contributed by atoms with Gasteiger partial charge in [0.25, 0.3) is 11.8 Å². The molecule has 1 aliphatic heterocycles. The number of hydrogen-bond acceptors (Lipinski definition) is 6. The predicted octanol–water partition coefficient (Wildman–Crippen LogP) is 2.79. The summed E-state index contributed by atoms with van der Waals surface area (Å²) in [6.45, 7) is 0. The van der Waals surface area contributed by atoms with Crippen molar-refractivity contribution in [3.63, 3.8) is 0 Å². The molecule has 2 aliphatic rings. The third-order valence-electron chi connectivity index (χ3n) is 6.68. The lowest BCUT2D eigenvalue weighted by molar-refractivity contribution is -0.117. The topological polar surface area (TPSA) is 104 Å². The van der Waals surface area contributed by atoms with Gasteiger partial charge in [-0.05, 0) is 38.1 Å². The number of pyridine rings is 1. The average molecular weight is 477 g/mol. The van der Waals surface area contributed by atoms with Gasteiger partial charge in [0.1, 0.15) is 5.82 Å². The minimum Gasteiger partial charge on any atom is -0.365 e. The van der Waals surface area contributed by atoms with Crippen molar-refractivity contribution in [2.75, 3.05) is 36.3 Å². The lowest BCUT2D eigenvalue weighted by Gasteiger charge is -2.42. The van der Waals surface area contributed by atoms with Crippen LogP contribution in [-0.2, 0) is 11.2 Å². The van der Waals surface area contributed by atoms with E-state index in [-0.39, 0.29) is 42.4 Å². The van der Waals surface area contributed by atoms with Crippen LogP contribution >= 0.6 is 0 Å². The fourth-order valence-corrected chi connectivity index (χ4v) is 4.86. The Labute approximate surface area is 195 Å². The highest BCUT2D eigenvalue weighted by Crippen LogP contribution is 2.39. The molecule has 2 atom stereocenters. The summed E-state index contributed by atoms with van der Waals surface area (Å²) in [5.41, 5.74) is 7.20. The van der Waals surface area contributed by atoms with E-state index in [2.05, 4.69) is 15.6 Å². The van der Waals surface area contributed by atoms with E-state index in [1.54, 1.807) is 25.2 Å². The van der Waals surface area contributed by atoms with E-state index in [1.807, 2.05) is 0 Å². The molecule has 1 aliphatic carbocycles. The third-order valence-corrected chi connectivity index (χ3v) is 6.68. The van der Waals surface area contributed by atoms with Crippen LogP contribution in [0.4, 0.5) is 36.2 Å². The zero-order valence-corrected chi connectivity index (χ0v) is 19.2. The Morgan fingerprint density at radius 2 is 2.09 bits per heavy atom. The number of anilines is 4. The monoisotopic (exact) mass is 476 g/mol. The molecule has 1 aromatic heterocycles. The maximum absolute atomic E-state index is 15.1. The first-order valence-electron chi connectivity index (χ1n) is 11.0. The van der Waals surface area contributed by atoms with Crippen molar-refractivity contribution in [3.05, 3.63) is 41.2 Å². The van der Waals surface area contributed by atoms with Gasteiger partial charge in [-0.25, -0.2) is 18.2 Å². The second-order valence-electron chi connectivity index (χ2n) is 8.71. The van der Waals surface area contributed by atoms with Crippen LogP contribution < -0.4 is 26.2 Å². The van der Waals surface area contributed by atoms with Crippen LogP contribution in [0.25, 0.3) is 0 Å². The number of hydrogen-bond donors (Lipinski definition) is 3. The van der Waals surface area contributed by atoms with Crippen LogP contribution in [-0.4, -0.2) is 55.9 Å². The summed E-state index contributed by atoms with van der Waals surface area (Å²) in [6.07, 6.45) is 0.595. The maximum atomic E-state index is 15.1. The number of nitrogens with two attached hydrogens (primary N) is 1. The maximum Gasteiger partial charge on any atom is 0.265 e. The van der Waals surface area contributed by atoms with E-state index in [0.717, 1.165) is 6.07 Å². The van der Waals surface area contributed by atoms with Crippen molar-refractivity contribution in [1.29, 1.82) is 0 Å². The van der Waals surface area contributed by atoms with Crippen molar-refractivity contribution in [3.8, 4) is 0 Å². The van der Waals surface area contributed by atoms with E-state index >= 15 is 4.39 Å². The molecule has 34 heavy (non-hydrogen) atoms. The lowest BCUT2D eigenvalue weighted by Crippen LogP contribution is -2.59. The Morgan fingerprint density at radius 1 is 1.35 bits per heavy atom. The minimum absolute atomic E-state index is 0.0188. The molecule has 11 heteroatoms. The Balaban J connectivity index is 1.74. The van der Waals surface area contributed by atoms with Gasteiger partial charge in [0.2, 0.25) is 5.91 Å². The summed E-state index contributed by atoms with van der Waals surface area (Å²) >= 11 is 0. The lowest BCUT2D eigenvalue weighted by atomic mass is 9.86. The summed E-state index contributed by atoms with van der Waals surface area (Å²) in [4.78, 5) is 31.4. The van der Waals surface area contributed by atoms with E-state index in [1.165, 1.54) is 23.9 Å². The summed E-state index contributed by atoms with van der Waals surface area (Å²) in [5, 5.41) is 5.68. The molecule has 2 heterocycles. The van der Waals surface area contributed by atoms with Gasteiger partial charge in [-0.1, -0.05) is 6.07 Å². The molecule has 0 saturated heterocycles. The fraction of sp³-hybridized carbons (Fsp3) is 0.435. The molecule has 0 spiro atoms. The van der Waals surface area contributed by atoms with Gasteiger partial charge < -0.3 is 26.2 Å². The first kappa shape index (κ1) is 23.8. The summed E-state index contributed by atoms with van der Waals surface area (Å²) in [7, 11) is 4.61. The quantitative estimate of drug-likeness (QED) is 0.593. The van der Waals surface area contributed by atoms with Gasteiger partial charge in [0, 0.05) is 37.5 Å². The van der Waals surface area contributed by atoms with Crippen LogP contribution in [0.3, 0.4) is 0 Å². The number of carbonyl (C=O) groups excluding carboxylic acids is 2. The molecule has 4 rings (SSSR count). The first-order valence-corrected chi connectivity index (χ1v) is 11.0. The molecule has 0 radical (unpaired) electrons. The van der Waals surface area contributed by atoms with Gasteiger partial charge >= 0.3 is 0 Å². The minimum atomic E-state index is -2.96. The summed E-state index contributed by atoms with van der Waals surface area (Å²) in [6, 6.07) is 4.27. The Morgan fingerprint density at radius 3 is 2.76 bits per heavy atom. The highest BCUT2D eigenvalue weighted by molar-refractivity contribution is 6.04. The Bertz CT molecular complexity index is 1140. The van der Waals surface area contributed by atoms with Gasteiger partial charge in [0.15, 0.2) is 11.6 Å². The number of rotatable bonds is 6. The number of alkyl halides is 2. The van der Waals surface area contributed by atoms with Crippen molar-refractivity contribution in [1.82, 2.24) is 10.3 Å². The highest BCUT2D eigenvalue weighted by atomic mass is 19.3. The predicted molar refractivity (Wildman–Crippen MR) is 123 cm³/mol. The zero-order chi connectivity index (χ0) is 24.8. The molecule has 1 saturated carbocycles. The highest BCUT2D eigenvalue weighted by Gasteiger charge is 2.48.